The minimum absolute atomic E-state index is 0.0178. The summed E-state index contributed by atoms with van der Waals surface area (Å²) in [6.07, 6.45) is 5.40. The van der Waals surface area contributed by atoms with Crippen LogP contribution >= 0.6 is 15.9 Å². The van der Waals surface area contributed by atoms with Crippen molar-refractivity contribution in [3.8, 4) is 5.69 Å². The zero-order valence-electron chi connectivity index (χ0n) is 11.6. The van der Waals surface area contributed by atoms with Crippen LogP contribution in [0.3, 0.4) is 0 Å². The SMILES string of the molecule is NC[C@@H]1CCCN1C(=O)c1cnn(-c2cccc(Br)c2)c1. The van der Waals surface area contributed by atoms with Crippen molar-refractivity contribution in [2.45, 2.75) is 18.9 Å². The zero-order valence-corrected chi connectivity index (χ0v) is 13.2. The number of carbonyl (C=O) groups is 1. The number of aromatic nitrogens is 2. The minimum atomic E-state index is 0.0178. The molecule has 0 unspecified atom stereocenters. The van der Waals surface area contributed by atoms with Crippen molar-refractivity contribution in [1.29, 1.82) is 0 Å². The number of nitrogens with zero attached hydrogens (tertiary/aromatic N) is 3. The van der Waals surface area contributed by atoms with Crippen LogP contribution in [0.4, 0.5) is 0 Å². The number of hydrogen-bond acceptors (Lipinski definition) is 3. The molecule has 1 aromatic carbocycles. The molecule has 6 heteroatoms. The highest BCUT2D eigenvalue weighted by molar-refractivity contribution is 9.10. The highest BCUT2D eigenvalue weighted by Crippen LogP contribution is 2.20. The molecule has 0 aliphatic carbocycles. The van der Waals surface area contributed by atoms with E-state index >= 15 is 0 Å². The van der Waals surface area contributed by atoms with Gasteiger partial charge in [0.1, 0.15) is 0 Å². The van der Waals surface area contributed by atoms with Crippen molar-refractivity contribution in [1.82, 2.24) is 14.7 Å². The first-order chi connectivity index (χ1) is 10.2. The Balaban J connectivity index is 1.83. The molecule has 1 amide bonds. The minimum Gasteiger partial charge on any atom is -0.334 e. The van der Waals surface area contributed by atoms with E-state index < -0.39 is 0 Å². The lowest BCUT2D eigenvalue weighted by Gasteiger charge is -2.22. The summed E-state index contributed by atoms with van der Waals surface area (Å²) in [7, 11) is 0. The zero-order chi connectivity index (χ0) is 14.8. The Kier molecular flexibility index (Phi) is 4.07. The van der Waals surface area contributed by atoms with Crippen LogP contribution in [0, 0.1) is 0 Å². The van der Waals surface area contributed by atoms with Crippen molar-refractivity contribution in [2.75, 3.05) is 13.1 Å². The third kappa shape index (κ3) is 2.87. The number of nitrogens with two attached hydrogens (primary N) is 1. The fourth-order valence-electron chi connectivity index (χ4n) is 2.71. The maximum Gasteiger partial charge on any atom is 0.257 e. The molecular weight excluding hydrogens is 332 g/mol. The number of benzene rings is 1. The van der Waals surface area contributed by atoms with Gasteiger partial charge in [-0.25, -0.2) is 4.68 Å². The summed E-state index contributed by atoms with van der Waals surface area (Å²) in [4.78, 5) is 14.4. The second kappa shape index (κ2) is 5.99. The average molecular weight is 349 g/mol. The summed E-state index contributed by atoms with van der Waals surface area (Å²) >= 11 is 3.44. The molecule has 0 bridgehead atoms. The van der Waals surface area contributed by atoms with Crippen LogP contribution in [0.1, 0.15) is 23.2 Å². The molecule has 0 spiro atoms. The summed E-state index contributed by atoms with van der Waals surface area (Å²) in [5, 5.41) is 4.29. The number of rotatable bonds is 3. The van der Waals surface area contributed by atoms with E-state index in [-0.39, 0.29) is 11.9 Å². The first kappa shape index (κ1) is 14.3. The van der Waals surface area contributed by atoms with Crippen molar-refractivity contribution >= 4 is 21.8 Å². The van der Waals surface area contributed by atoms with Crippen LogP contribution in [0.15, 0.2) is 41.1 Å². The Morgan fingerprint density at radius 2 is 2.33 bits per heavy atom. The second-order valence-electron chi connectivity index (χ2n) is 5.18. The number of likely N-dealkylation sites (tertiary alicyclic amines) is 1. The van der Waals surface area contributed by atoms with Gasteiger partial charge in [-0.15, -0.1) is 0 Å². The van der Waals surface area contributed by atoms with Gasteiger partial charge in [0.25, 0.3) is 5.91 Å². The van der Waals surface area contributed by atoms with Crippen LogP contribution in [0.5, 0.6) is 0 Å². The Morgan fingerprint density at radius 1 is 1.48 bits per heavy atom. The van der Waals surface area contributed by atoms with Gasteiger partial charge in [-0.2, -0.15) is 5.10 Å². The maximum absolute atomic E-state index is 12.5. The molecule has 1 aliphatic rings. The van der Waals surface area contributed by atoms with Gasteiger partial charge in [0, 0.05) is 29.8 Å². The average Bonchev–Trinajstić information content (AvgIpc) is 3.15. The molecular formula is C15H17BrN4O. The van der Waals surface area contributed by atoms with E-state index in [4.69, 9.17) is 5.73 Å². The monoisotopic (exact) mass is 348 g/mol. The summed E-state index contributed by atoms with van der Waals surface area (Å²) in [6.45, 7) is 1.30. The quantitative estimate of drug-likeness (QED) is 0.924. The first-order valence-electron chi connectivity index (χ1n) is 7.00. The van der Waals surface area contributed by atoms with E-state index in [0.29, 0.717) is 12.1 Å². The number of amides is 1. The van der Waals surface area contributed by atoms with Crippen LogP contribution in [0.25, 0.3) is 5.69 Å². The molecule has 110 valence electrons. The van der Waals surface area contributed by atoms with Crippen LogP contribution < -0.4 is 5.73 Å². The lowest BCUT2D eigenvalue weighted by Crippen LogP contribution is -2.39. The molecule has 2 N–H and O–H groups in total. The van der Waals surface area contributed by atoms with Crippen LogP contribution in [-0.2, 0) is 0 Å². The third-order valence-corrected chi connectivity index (χ3v) is 4.31. The number of halogens is 1. The number of hydrogen-bond donors (Lipinski definition) is 1. The Morgan fingerprint density at radius 3 is 3.10 bits per heavy atom. The van der Waals surface area contributed by atoms with Crippen LogP contribution in [-0.4, -0.2) is 39.7 Å². The van der Waals surface area contributed by atoms with Gasteiger partial charge in [-0.3, -0.25) is 4.79 Å². The molecule has 3 rings (SSSR count). The van der Waals surface area contributed by atoms with E-state index in [1.54, 1.807) is 17.1 Å². The molecule has 0 radical (unpaired) electrons. The van der Waals surface area contributed by atoms with Gasteiger partial charge in [0.2, 0.25) is 0 Å². The highest BCUT2D eigenvalue weighted by atomic mass is 79.9. The lowest BCUT2D eigenvalue weighted by atomic mass is 10.2. The number of carbonyl (C=O) groups excluding carboxylic acids is 1. The van der Waals surface area contributed by atoms with Crippen molar-refractivity contribution < 1.29 is 4.79 Å². The summed E-state index contributed by atoms with van der Waals surface area (Å²) in [5.41, 5.74) is 7.26. The Labute approximate surface area is 131 Å². The van der Waals surface area contributed by atoms with E-state index in [0.717, 1.165) is 29.5 Å². The Bertz CT molecular complexity index is 655. The molecule has 1 atom stereocenters. The second-order valence-corrected chi connectivity index (χ2v) is 6.10. The summed E-state index contributed by atoms with van der Waals surface area (Å²) in [6, 6.07) is 7.96. The van der Waals surface area contributed by atoms with Crippen molar-refractivity contribution in [3.63, 3.8) is 0 Å². The van der Waals surface area contributed by atoms with Crippen LogP contribution in [0.2, 0.25) is 0 Å². The molecule has 1 saturated heterocycles. The molecule has 2 heterocycles. The molecule has 1 aliphatic heterocycles. The molecule has 0 saturated carbocycles. The van der Waals surface area contributed by atoms with Gasteiger partial charge >= 0.3 is 0 Å². The standard InChI is InChI=1S/C15H17BrN4O/c16-12-3-1-4-13(7-12)20-10-11(9-18-20)15(21)19-6-2-5-14(19)8-17/h1,3-4,7,9-10,14H,2,5-6,8,17H2/t14-/m0/s1. The summed E-state index contributed by atoms with van der Waals surface area (Å²) < 4.78 is 2.69. The smallest absolute Gasteiger partial charge is 0.257 e. The molecule has 1 fully saturated rings. The molecule has 5 nitrogen and oxygen atoms in total. The van der Waals surface area contributed by atoms with E-state index in [1.165, 1.54) is 0 Å². The lowest BCUT2D eigenvalue weighted by molar-refractivity contribution is 0.0741. The maximum atomic E-state index is 12.5. The van der Waals surface area contributed by atoms with Gasteiger partial charge in [0.15, 0.2) is 0 Å². The fraction of sp³-hybridized carbons (Fsp3) is 0.333. The van der Waals surface area contributed by atoms with Crippen molar-refractivity contribution in [3.05, 3.63) is 46.7 Å². The predicted molar refractivity (Wildman–Crippen MR) is 84.4 cm³/mol. The van der Waals surface area contributed by atoms with Gasteiger partial charge in [0.05, 0.1) is 17.4 Å². The van der Waals surface area contributed by atoms with Gasteiger partial charge in [-0.05, 0) is 31.0 Å². The fourth-order valence-corrected chi connectivity index (χ4v) is 3.09. The molecule has 21 heavy (non-hydrogen) atoms. The summed E-state index contributed by atoms with van der Waals surface area (Å²) in [5.74, 6) is 0.0178. The topological polar surface area (TPSA) is 64.2 Å². The largest absolute Gasteiger partial charge is 0.334 e. The third-order valence-electron chi connectivity index (χ3n) is 3.81. The molecule has 1 aromatic heterocycles. The molecule has 2 aromatic rings. The van der Waals surface area contributed by atoms with Gasteiger partial charge in [-0.1, -0.05) is 22.0 Å². The van der Waals surface area contributed by atoms with E-state index in [1.807, 2.05) is 29.2 Å². The normalized spacial score (nSPS) is 18.2. The Hall–Kier alpha value is -1.66. The van der Waals surface area contributed by atoms with Crippen molar-refractivity contribution in [2.24, 2.45) is 5.73 Å². The van der Waals surface area contributed by atoms with E-state index in [2.05, 4.69) is 21.0 Å². The predicted octanol–water partition coefficient (Wildman–Crippen LogP) is 2.20. The van der Waals surface area contributed by atoms with E-state index in [9.17, 15) is 4.79 Å². The highest BCUT2D eigenvalue weighted by Gasteiger charge is 2.28. The van der Waals surface area contributed by atoms with Gasteiger partial charge < -0.3 is 10.6 Å². The first-order valence-corrected chi connectivity index (χ1v) is 7.80.